The Morgan fingerprint density at radius 3 is 2.54 bits per heavy atom. The van der Waals surface area contributed by atoms with Crippen molar-refractivity contribution in [2.75, 3.05) is 24.7 Å². The van der Waals surface area contributed by atoms with E-state index in [0.717, 1.165) is 35.7 Å². The molecule has 150 valence electrons. The minimum absolute atomic E-state index is 0.00618. The molecule has 2 atom stereocenters. The standard InChI is InChI=1S/C23H30N2O3/c1-5-27-21-12-11-19(15-22(21)28-6-2)16(3)24-17(4)23(26)25-14-13-18-9-7-8-10-20(18)25/h7-12,15-17,24H,5-6,13-14H2,1-4H3/t16-,17+/m0/s1. The molecule has 0 unspecified atom stereocenters. The van der Waals surface area contributed by atoms with Crippen LogP contribution in [-0.2, 0) is 11.2 Å². The van der Waals surface area contributed by atoms with Gasteiger partial charge in [-0.2, -0.15) is 0 Å². The van der Waals surface area contributed by atoms with E-state index in [1.807, 2.05) is 62.1 Å². The number of carbonyl (C=O) groups is 1. The normalized spacial score (nSPS) is 15.1. The van der Waals surface area contributed by atoms with Gasteiger partial charge in [0, 0.05) is 18.3 Å². The summed E-state index contributed by atoms with van der Waals surface area (Å²) < 4.78 is 11.4. The Bertz CT molecular complexity index is 821. The van der Waals surface area contributed by atoms with Gasteiger partial charge in [0.2, 0.25) is 5.91 Å². The van der Waals surface area contributed by atoms with Crippen LogP contribution in [0, 0.1) is 0 Å². The Hall–Kier alpha value is -2.53. The summed E-state index contributed by atoms with van der Waals surface area (Å²) in [7, 11) is 0. The zero-order chi connectivity index (χ0) is 20.1. The molecule has 2 aromatic carbocycles. The van der Waals surface area contributed by atoms with Gasteiger partial charge in [0.15, 0.2) is 11.5 Å². The van der Waals surface area contributed by atoms with Gasteiger partial charge in [-0.1, -0.05) is 24.3 Å². The minimum Gasteiger partial charge on any atom is -0.490 e. The second kappa shape index (κ2) is 9.11. The fourth-order valence-electron chi connectivity index (χ4n) is 3.68. The highest BCUT2D eigenvalue weighted by molar-refractivity contribution is 5.98. The van der Waals surface area contributed by atoms with E-state index < -0.39 is 0 Å². The number of hydrogen-bond donors (Lipinski definition) is 1. The number of rotatable bonds is 8. The molecule has 1 aliphatic rings. The predicted molar refractivity (Wildman–Crippen MR) is 112 cm³/mol. The second-order valence-electron chi connectivity index (χ2n) is 7.05. The Morgan fingerprint density at radius 2 is 1.79 bits per heavy atom. The highest BCUT2D eigenvalue weighted by atomic mass is 16.5. The molecule has 0 saturated heterocycles. The Kier molecular flexibility index (Phi) is 6.57. The molecule has 1 N–H and O–H groups in total. The lowest BCUT2D eigenvalue weighted by Crippen LogP contribution is -2.45. The minimum atomic E-state index is -0.289. The molecule has 0 radical (unpaired) electrons. The van der Waals surface area contributed by atoms with Crippen LogP contribution in [0.3, 0.4) is 0 Å². The van der Waals surface area contributed by atoms with Crippen molar-refractivity contribution in [3.05, 3.63) is 53.6 Å². The average Bonchev–Trinajstić information content (AvgIpc) is 3.13. The molecular weight excluding hydrogens is 352 g/mol. The summed E-state index contributed by atoms with van der Waals surface area (Å²) in [6.45, 7) is 9.82. The van der Waals surface area contributed by atoms with Crippen molar-refractivity contribution < 1.29 is 14.3 Å². The maximum Gasteiger partial charge on any atom is 0.243 e. The molecule has 28 heavy (non-hydrogen) atoms. The number of amides is 1. The zero-order valence-corrected chi connectivity index (χ0v) is 17.2. The second-order valence-corrected chi connectivity index (χ2v) is 7.05. The molecule has 2 aromatic rings. The monoisotopic (exact) mass is 382 g/mol. The van der Waals surface area contributed by atoms with Crippen LogP contribution in [0.1, 0.15) is 44.9 Å². The number of nitrogens with one attached hydrogen (secondary N) is 1. The summed E-state index contributed by atoms with van der Waals surface area (Å²) >= 11 is 0. The Balaban J connectivity index is 1.69. The fraction of sp³-hybridized carbons (Fsp3) is 0.435. The molecule has 0 saturated carbocycles. The van der Waals surface area contributed by atoms with Gasteiger partial charge in [0.25, 0.3) is 0 Å². The summed E-state index contributed by atoms with van der Waals surface area (Å²) in [5.41, 5.74) is 3.34. The lowest BCUT2D eigenvalue weighted by Gasteiger charge is -2.25. The van der Waals surface area contributed by atoms with E-state index in [4.69, 9.17) is 9.47 Å². The molecular formula is C23H30N2O3. The van der Waals surface area contributed by atoms with Crippen molar-refractivity contribution in [1.82, 2.24) is 5.32 Å². The van der Waals surface area contributed by atoms with Gasteiger partial charge in [0.1, 0.15) is 0 Å². The molecule has 1 aliphatic heterocycles. The van der Waals surface area contributed by atoms with Crippen molar-refractivity contribution in [2.45, 2.75) is 46.2 Å². The summed E-state index contributed by atoms with van der Waals surface area (Å²) in [6, 6.07) is 13.8. The number of anilines is 1. The SMILES string of the molecule is CCOc1ccc([C@H](C)N[C@H](C)C(=O)N2CCc3ccccc32)cc1OCC. The highest BCUT2D eigenvalue weighted by Crippen LogP contribution is 2.31. The Morgan fingerprint density at radius 1 is 1.07 bits per heavy atom. The predicted octanol–water partition coefficient (Wildman–Crippen LogP) is 4.11. The number of para-hydroxylation sites is 1. The van der Waals surface area contributed by atoms with Crippen LogP contribution in [0.4, 0.5) is 5.69 Å². The lowest BCUT2D eigenvalue weighted by atomic mass is 10.1. The molecule has 0 bridgehead atoms. The first kappa shape index (κ1) is 20.2. The average molecular weight is 383 g/mol. The number of carbonyl (C=O) groups excluding carboxylic acids is 1. The Labute approximate surface area is 167 Å². The number of ether oxygens (including phenoxy) is 2. The summed E-state index contributed by atoms with van der Waals surface area (Å²) in [5, 5.41) is 3.44. The molecule has 0 spiro atoms. The maximum absolute atomic E-state index is 13.0. The summed E-state index contributed by atoms with van der Waals surface area (Å²) in [4.78, 5) is 14.9. The molecule has 3 rings (SSSR count). The molecule has 0 fully saturated rings. The summed E-state index contributed by atoms with van der Waals surface area (Å²) in [6.07, 6.45) is 0.917. The lowest BCUT2D eigenvalue weighted by molar-refractivity contribution is -0.120. The third-order valence-corrected chi connectivity index (χ3v) is 5.09. The van der Waals surface area contributed by atoms with Gasteiger partial charge < -0.3 is 14.4 Å². The van der Waals surface area contributed by atoms with Gasteiger partial charge in [-0.25, -0.2) is 0 Å². The van der Waals surface area contributed by atoms with Gasteiger partial charge in [-0.05, 0) is 63.4 Å². The van der Waals surface area contributed by atoms with Crippen LogP contribution >= 0.6 is 0 Å². The number of benzene rings is 2. The molecule has 0 aliphatic carbocycles. The van der Waals surface area contributed by atoms with Crippen molar-refractivity contribution in [3.8, 4) is 11.5 Å². The number of hydrogen-bond acceptors (Lipinski definition) is 4. The molecule has 5 nitrogen and oxygen atoms in total. The summed E-state index contributed by atoms with van der Waals surface area (Å²) in [5.74, 6) is 1.59. The van der Waals surface area contributed by atoms with Gasteiger partial charge in [-0.15, -0.1) is 0 Å². The smallest absolute Gasteiger partial charge is 0.243 e. The molecule has 1 heterocycles. The highest BCUT2D eigenvalue weighted by Gasteiger charge is 2.28. The number of fused-ring (bicyclic) bond motifs is 1. The quantitative estimate of drug-likeness (QED) is 0.746. The van der Waals surface area contributed by atoms with Gasteiger partial charge in [0.05, 0.1) is 19.3 Å². The van der Waals surface area contributed by atoms with E-state index in [1.54, 1.807) is 0 Å². The van der Waals surface area contributed by atoms with Crippen LogP contribution in [0.15, 0.2) is 42.5 Å². The first-order chi connectivity index (χ1) is 13.5. The first-order valence-corrected chi connectivity index (χ1v) is 10.1. The van der Waals surface area contributed by atoms with Crippen LogP contribution in [-0.4, -0.2) is 31.7 Å². The van der Waals surface area contributed by atoms with E-state index in [0.29, 0.717) is 13.2 Å². The van der Waals surface area contributed by atoms with Crippen LogP contribution < -0.4 is 19.7 Å². The van der Waals surface area contributed by atoms with Crippen molar-refractivity contribution in [2.24, 2.45) is 0 Å². The van der Waals surface area contributed by atoms with Crippen molar-refractivity contribution >= 4 is 11.6 Å². The van der Waals surface area contributed by atoms with E-state index in [2.05, 4.69) is 18.3 Å². The van der Waals surface area contributed by atoms with E-state index >= 15 is 0 Å². The number of nitrogens with zero attached hydrogens (tertiary/aromatic N) is 1. The van der Waals surface area contributed by atoms with Gasteiger partial charge >= 0.3 is 0 Å². The van der Waals surface area contributed by atoms with Crippen LogP contribution in [0.25, 0.3) is 0 Å². The fourth-order valence-corrected chi connectivity index (χ4v) is 3.68. The topological polar surface area (TPSA) is 50.8 Å². The van der Waals surface area contributed by atoms with Gasteiger partial charge in [-0.3, -0.25) is 10.1 Å². The van der Waals surface area contributed by atoms with Crippen LogP contribution in [0.2, 0.25) is 0 Å². The van der Waals surface area contributed by atoms with E-state index in [9.17, 15) is 4.79 Å². The van der Waals surface area contributed by atoms with Crippen molar-refractivity contribution in [1.29, 1.82) is 0 Å². The third kappa shape index (κ3) is 4.30. The first-order valence-electron chi connectivity index (χ1n) is 10.1. The van der Waals surface area contributed by atoms with Crippen LogP contribution in [0.5, 0.6) is 11.5 Å². The molecule has 5 heteroatoms. The van der Waals surface area contributed by atoms with Crippen molar-refractivity contribution in [3.63, 3.8) is 0 Å². The largest absolute Gasteiger partial charge is 0.490 e. The maximum atomic E-state index is 13.0. The molecule has 0 aromatic heterocycles. The third-order valence-electron chi connectivity index (χ3n) is 5.09. The zero-order valence-electron chi connectivity index (χ0n) is 17.2. The van der Waals surface area contributed by atoms with E-state index in [-0.39, 0.29) is 18.0 Å². The van der Waals surface area contributed by atoms with E-state index in [1.165, 1.54) is 5.56 Å². The molecule has 1 amide bonds.